The molecule has 0 saturated carbocycles. The van der Waals surface area contributed by atoms with Crippen LogP contribution < -0.4 is 5.32 Å². The summed E-state index contributed by atoms with van der Waals surface area (Å²) in [6.45, 7) is 13.4. The maximum Gasteiger partial charge on any atom is 0.518 e. The van der Waals surface area contributed by atoms with Crippen molar-refractivity contribution in [1.82, 2.24) is 5.32 Å². The van der Waals surface area contributed by atoms with Crippen molar-refractivity contribution in [1.29, 1.82) is 0 Å². The standard InChI is InChI=1S/C15H35NO3Si/c1-6-11-12-13-14-16-15(7-2)20(17-8-3,18-9-4)19-10-5/h15-16H,6-14H2,1-5H3. The lowest BCUT2D eigenvalue weighted by Crippen LogP contribution is -2.62. The summed E-state index contributed by atoms with van der Waals surface area (Å²) in [4.78, 5) is 0. The Balaban J connectivity index is 4.53. The van der Waals surface area contributed by atoms with Crippen LogP contribution in [-0.2, 0) is 13.3 Å². The first-order valence-corrected chi connectivity index (χ1v) is 10.2. The van der Waals surface area contributed by atoms with Crippen molar-refractivity contribution in [2.75, 3.05) is 26.4 Å². The van der Waals surface area contributed by atoms with Gasteiger partial charge < -0.3 is 18.6 Å². The predicted molar refractivity (Wildman–Crippen MR) is 86.9 cm³/mol. The number of unbranched alkanes of at least 4 members (excludes halogenated alkanes) is 3. The molecule has 122 valence electrons. The third kappa shape index (κ3) is 7.18. The second-order valence-corrected chi connectivity index (χ2v) is 7.65. The highest BCUT2D eigenvalue weighted by Gasteiger charge is 2.48. The van der Waals surface area contributed by atoms with E-state index in [4.69, 9.17) is 13.3 Å². The molecule has 5 heteroatoms. The molecule has 0 heterocycles. The molecule has 0 spiro atoms. The molecule has 1 atom stereocenters. The summed E-state index contributed by atoms with van der Waals surface area (Å²) in [5.41, 5.74) is 0.198. The minimum absolute atomic E-state index is 0.198. The van der Waals surface area contributed by atoms with Gasteiger partial charge in [-0.05, 0) is 40.2 Å². The highest BCUT2D eigenvalue weighted by atomic mass is 28.4. The van der Waals surface area contributed by atoms with Crippen LogP contribution in [0.15, 0.2) is 0 Å². The fraction of sp³-hybridized carbons (Fsp3) is 1.00. The van der Waals surface area contributed by atoms with E-state index < -0.39 is 8.80 Å². The van der Waals surface area contributed by atoms with E-state index in [0.29, 0.717) is 19.8 Å². The molecule has 0 aliphatic heterocycles. The van der Waals surface area contributed by atoms with Crippen LogP contribution in [-0.4, -0.2) is 40.8 Å². The molecule has 4 nitrogen and oxygen atoms in total. The second kappa shape index (κ2) is 12.8. The average molecular weight is 306 g/mol. The number of hydrogen-bond donors (Lipinski definition) is 1. The minimum Gasteiger partial charge on any atom is -0.373 e. The lowest BCUT2D eigenvalue weighted by Gasteiger charge is -2.35. The Bertz CT molecular complexity index is 200. The van der Waals surface area contributed by atoms with Gasteiger partial charge in [-0.15, -0.1) is 0 Å². The molecule has 0 fully saturated rings. The van der Waals surface area contributed by atoms with Crippen LogP contribution >= 0.6 is 0 Å². The van der Waals surface area contributed by atoms with Gasteiger partial charge in [-0.3, -0.25) is 0 Å². The van der Waals surface area contributed by atoms with Gasteiger partial charge in [-0.2, -0.15) is 0 Å². The maximum absolute atomic E-state index is 5.97. The second-order valence-electron chi connectivity index (χ2n) is 4.88. The zero-order valence-electron chi connectivity index (χ0n) is 14.2. The van der Waals surface area contributed by atoms with Gasteiger partial charge in [-0.25, -0.2) is 0 Å². The van der Waals surface area contributed by atoms with Crippen LogP contribution in [0.4, 0.5) is 0 Å². The van der Waals surface area contributed by atoms with Crippen molar-refractivity contribution in [2.24, 2.45) is 0 Å². The molecule has 0 aromatic heterocycles. The Labute approximate surface area is 126 Å². The summed E-state index contributed by atoms with van der Waals surface area (Å²) in [6, 6.07) is 0. The Kier molecular flexibility index (Phi) is 12.8. The highest BCUT2D eigenvalue weighted by Crippen LogP contribution is 2.18. The molecular formula is C15H35NO3Si. The third-order valence-corrected chi connectivity index (χ3v) is 6.83. The van der Waals surface area contributed by atoms with E-state index in [1.54, 1.807) is 0 Å². The Morgan fingerprint density at radius 2 is 1.35 bits per heavy atom. The number of nitrogens with one attached hydrogen (secondary N) is 1. The first-order valence-electron chi connectivity index (χ1n) is 8.35. The van der Waals surface area contributed by atoms with E-state index in [9.17, 15) is 0 Å². The first kappa shape index (κ1) is 20.1. The van der Waals surface area contributed by atoms with Gasteiger partial charge in [0.2, 0.25) is 0 Å². The van der Waals surface area contributed by atoms with Crippen molar-refractivity contribution in [2.45, 2.75) is 72.4 Å². The smallest absolute Gasteiger partial charge is 0.373 e. The molecule has 1 unspecified atom stereocenters. The summed E-state index contributed by atoms with van der Waals surface area (Å²) in [5.74, 6) is 0. The Morgan fingerprint density at radius 3 is 1.75 bits per heavy atom. The molecule has 0 aliphatic carbocycles. The number of hydrogen-bond acceptors (Lipinski definition) is 4. The molecule has 0 aromatic rings. The molecule has 0 aromatic carbocycles. The van der Waals surface area contributed by atoms with Gasteiger partial charge in [0, 0.05) is 19.8 Å². The van der Waals surface area contributed by atoms with Gasteiger partial charge in [0.05, 0.1) is 5.67 Å². The highest BCUT2D eigenvalue weighted by molar-refractivity contribution is 6.62. The molecule has 0 rings (SSSR count). The van der Waals surface area contributed by atoms with E-state index in [2.05, 4.69) is 19.2 Å². The molecule has 0 saturated heterocycles. The van der Waals surface area contributed by atoms with Crippen molar-refractivity contribution in [3.8, 4) is 0 Å². The van der Waals surface area contributed by atoms with Gasteiger partial charge in [0.25, 0.3) is 0 Å². The summed E-state index contributed by atoms with van der Waals surface area (Å²) < 4.78 is 17.9. The van der Waals surface area contributed by atoms with Crippen molar-refractivity contribution in [3.63, 3.8) is 0 Å². The minimum atomic E-state index is -2.60. The van der Waals surface area contributed by atoms with E-state index in [0.717, 1.165) is 13.0 Å². The van der Waals surface area contributed by atoms with Crippen LogP contribution in [0.5, 0.6) is 0 Å². The monoisotopic (exact) mass is 305 g/mol. The van der Waals surface area contributed by atoms with E-state index in [-0.39, 0.29) is 5.67 Å². The van der Waals surface area contributed by atoms with Crippen LogP contribution in [0.1, 0.15) is 66.7 Å². The van der Waals surface area contributed by atoms with Gasteiger partial charge in [0.1, 0.15) is 0 Å². The summed E-state index contributed by atoms with van der Waals surface area (Å²) in [7, 11) is -2.60. The summed E-state index contributed by atoms with van der Waals surface area (Å²) in [5, 5.41) is 3.61. The van der Waals surface area contributed by atoms with Crippen LogP contribution in [0, 0.1) is 0 Å². The maximum atomic E-state index is 5.97. The van der Waals surface area contributed by atoms with Crippen molar-refractivity contribution < 1.29 is 13.3 Å². The van der Waals surface area contributed by atoms with Crippen LogP contribution in [0.2, 0.25) is 0 Å². The SMILES string of the molecule is CCCCCCNC(CC)[Si](OCC)(OCC)OCC. The predicted octanol–water partition coefficient (Wildman–Crippen LogP) is 3.52. The average Bonchev–Trinajstić information content (AvgIpc) is 2.43. The van der Waals surface area contributed by atoms with E-state index in [1.807, 2.05) is 20.8 Å². The third-order valence-electron chi connectivity index (χ3n) is 3.29. The van der Waals surface area contributed by atoms with E-state index in [1.165, 1.54) is 25.7 Å². The summed E-state index contributed by atoms with van der Waals surface area (Å²) >= 11 is 0. The van der Waals surface area contributed by atoms with Gasteiger partial charge in [0.15, 0.2) is 0 Å². The quantitative estimate of drug-likeness (QED) is 0.394. The zero-order chi connectivity index (χ0) is 15.3. The summed E-state index contributed by atoms with van der Waals surface area (Å²) in [6.07, 6.45) is 6.04. The Morgan fingerprint density at radius 1 is 0.800 bits per heavy atom. The van der Waals surface area contributed by atoms with E-state index >= 15 is 0 Å². The largest absolute Gasteiger partial charge is 0.518 e. The fourth-order valence-electron chi connectivity index (χ4n) is 2.38. The zero-order valence-corrected chi connectivity index (χ0v) is 15.2. The molecular weight excluding hydrogens is 270 g/mol. The molecule has 0 radical (unpaired) electrons. The normalized spacial score (nSPS) is 13.7. The van der Waals surface area contributed by atoms with Crippen LogP contribution in [0.3, 0.4) is 0 Å². The molecule has 0 amide bonds. The molecule has 20 heavy (non-hydrogen) atoms. The topological polar surface area (TPSA) is 39.7 Å². The molecule has 0 aliphatic rings. The fourth-order valence-corrected chi connectivity index (χ4v) is 5.33. The molecule has 0 bridgehead atoms. The van der Waals surface area contributed by atoms with Crippen molar-refractivity contribution in [3.05, 3.63) is 0 Å². The first-order chi connectivity index (χ1) is 9.70. The Hall–Kier alpha value is 0.0569. The lowest BCUT2D eigenvalue weighted by molar-refractivity contribution is 0.0573. The van der Waals surface area contributed by atoms with Gasteiger partial charge in [-0.1, -0.05) is 33.1 Å². The lowest BCUT2D eigenvalue weighted by atomic mass is 10.2. The molecule has 1 N–H and O–H groups in total. The van der Waals surface area contributed by atoms with Crippen molar-refractivity contribution >= 4 is 8.80 Å². The number of rotatable bonds is 14. The van der Waals surface area contributed by atoms with Gasteiger partial charge >= 0.3 is 8.80 Å². The van der Waals surface area contributed by atoms with Crippen LogP contribution in [0.25, 0.3) is 0 Å².